The van der Waals surface area contributed by atoms with E-state index < -0.39 is 12.6 Å². The quantitative estimate of drug-likeness (QED) is 0.809. The van der Waals surface area contributed by atoms with Gasteiger partial charge in [0.2, 0.25) is 0 Å². The van der Waals surface area contributed by atoms with Gasteiger partial charge in [0.15, 0.2) is 0 Å². The molecule has 0 amide bonds. The van der Waals surface area contributed by atoms with E-state index in [1.807, 2.05) is 0 Å². The second kappa shape index (κ2) is 6.85. The zero-order chi connectivity index (χ0) is 13.6. The molecule has 0 saturated carbocycles. The lowest BCUT2D eigenvalue weighted by Crippen LogP contribution is -2.10. The van der Waals surface area contributed by atoms with E-state index in [1.165, 1.54) is 0 Å². The molecule has 2 nitrogen and oxygen atoms in total. The number of rotatable bonds is 6. The Morgan fingerprint density at radius 2 is 2.00 bits per heavy atom. The summed E-state index contributed by atoms with van der Waals surface area (Å²) in [5.41, 5.74) is 6.26. The summed E-state index contributed by atoms with van der Waals surface area (Å²) < 4.78 is 41.2. The van der Waals surface area contributed by atoms with E-state index in [0.29, 0.717) is 23.7 Å². The second-order valence-electron chi connectivity index (χ2n) is 3.86. The van der Waals surface area contributed by atoms with Gasteiger partial charge in [-0.15, -0.1) is 0 Å². The topological polar surface area (TPSA) is 35.2 Å². The molecule has 0 aromatic heterocycles. The van der Waals surface area contributed by atoms with E-state index in [4.69, 9.17) is 22.1 Å². The molecule has 1 rings (SSSR count). The van der Waals surface area contributed by atoms with Crippen molar-refractivity contribution in [3.8, 4) is 5.75 Å². The number of ether oxygens (including phenoxy) is 1. The Morgan fingerprint density at radius 3 is 2.61 bits per heavy atom. The van der Waals surface area contributed by atoms with Crippen molar-refractivity contribution < 1.29 is 17.9 Å². The molecule has 0 bridgehead atoms. The van der Waals surface area contributed by atoms with Crippen molar-refractivity contribution in [1.82, 2.24) is 0 Å². The van der Waals surface area contributed by atoms with Crippen LogP contribution in [0.1, 0.15) is 18.4 Å². The van der Waals surface area contributed by atoms with Gasteiger partial charge in [-0.1, -0.05) is 11.6 Å². The van der Waals surface area contributed by atoms with Gasteiger partial charge in [-0.3, -0.25) is 0 Å². The maximum absolute atomic E-state index is 11.9. The minimum Gasteiger partial charge on any atom is -0.493 e. The van der Waals surface area contributed by atoms with Gasteiger partial charge < -0.3 is 10.5 Å². The van der Waals surface area contributed by atoms with Crippen LogP contribution >= 0.6 is 11.6 Å². The van der Waals surface area contributed by atoms with Crippen LogP contribution in [0.4, 0.5) is 13.2 Å². The summed E-state index contributed by atoms with van der Waals surface area (Å²) in [6.45, 7) is 0.456. The van der Waals surface area contributed by atoms with Crippen LogP contribution in [0.25, 0.3) is 0 Å². The van der Waals surface area contributed by atoms with Gasteiger partial charge in [0.05, 0.1) is 6.61 Å². The first-order valence-corrected chi connectivity index (χ1v) is 5.98. The van der Waals surface area contributed by atoms with Crippen molar-refractivity contribution in [2.24, 2.45) is 5.73 Å². The number of halogens is 4. The normalized spacial score (nSPS) is 11.6. The largest absolute Gasteiger partial charge is 0.493 e. The van der Waals surface area contributed by atoms with E-state index in [-0.39, 0.29) is 13.0 Å². The van der Waals surface area contributed by atoms with E-state index in [9.17, 15) is 13.2 Å². The van der Waals surface area contributed by atoms with Crippen LogP contribution in [-0.4, -0.2) is 19.3 Å². The molecule has 2 N–H and O–H groups in total. The molecule has 102 valence electrons. The SMILES string of the molecule is NCCc1cc(Cl)ccc1OCCCC(F)(F)F. The summed E-state index contributed by atoms with van der Waals surface area (Å²) in [7, 11) is 0. The van der Waals surface area contributed by atoms with Crippen molar-refractivity contribution in [1.29, 1.82) is 0 Å². The highest BCUT2D eigenvalue weighted by atomic mass is 35.5. The standard InChI is InChI=1S/C12H15ClF3NO/c13-10-2-3-11(9(8-10)4-6-17)18-7-1-5-12(14,15)16/h2-3,8H,1,4-7,17H2. The highest BCUT2D eigenvalue weighted by Gasteiger charge is 2.26. The third-order valence-corrected chi connectivity index (χ3v) is 2.53. The lowest BCUT2D eigenvalue weighted by atomic mass is 10.1. The molecule has 18 heavy (non-hydrogen) atoms. The van der Waals surface area contributed by atoms with Crippen molar-refractivity contribution >= 4 is 11.6 Å². The minimum absolute atomic E-state index is 0.0265. The molecule has 1 aromatic rings. The smallest absolute Gasteiger partial charge is 0.389 e. The Hall–Kier alpha value is -0.940. The first-order valence-electron chi connectivity index (χ1n) is 5.60. The third kappa shape index (κ3) is 5.60. The zero-order valence-electron chi connectivity index (χ0n) is 9.77. The van der Waals surface area contributed by atoms with Crippen LogP contribution in [0.2, 0.25) is 5.02 Å². The summed E-state index contributed by atoms with van der Waals surface area (Å²) in [6.07, 6.45) is -4.46. The van der Waals surface area contributed by atoms with Crippen molar-refractivity contribution in [2.75, 3.05) is 13.2 Å². The summed E-state index contributed by atoms with van der Waals surface area (Å²) in [6, 6.07) is 5.01. The number of alkyl halides is 3. The Balaban J connectivity index is 2.51. The van der Waals surface area contributed by atoms with Gasteiger partial charge in [-0.05, 0) is 43.1 Å². The van der Waals surface area contributed by atoms with Crippen molar-refractivity contribution in [3.63, 3.8) is 0 Å². The number of hydrogen-bond donors (Lipinski definition) is 1. The monoisotopic (exact) mass is 281 g/mol. The Labute approximate surface area is 109 Å². The fourth-order valence-electron chi connectivity index (χ4n) is 1.49. The molecule has 0 fully saturated rings. The molecule has 0 aliphatic rings. The van der Waals surface area contributed by atoms with Gasteiger partial charge in [0.1, 0.15) is 5.75 Å². The number of benzene rings is 1. The minimum atomic E-state index is -4.14. The highest BCUT2D eigenvalue weighted by molar-refractivity contribution is 6.30. The summed E-state index contributed by atoms with van der Waals surface area (Å²) in [4.78, 5) is 0. The van der Waals surface area contributed by atoms with Crippen LogP contribution in [0.15, 0.2) is 18.2 Å². The summed E-state index contributed by atoms with van der Waals surface area (Å²) in [5.74, 6) is 0.548. The first-order chi connectivity index (χ1) is 8.42. The van der Waals surface area contributed by atoms with Crippen LogP contribution < -0.4 is 10.5 Å². The maximum Gasteiger partial charge on any atom is 0.389 e. The van der Waals surface area contributed by atoms with Crippen LogP contribution in [0.3, 0.4) is 0 Å². The Morgan fingerprint density at radius 1 is 1.28 bits per heavy atom. The molecule has 0 saturated heterocycles. The van der Waals surface area contributed by atoms with Gasteiger partial charge >= 0.3 is 6.18 Å². The molecule has 6 heteroatoms. The number of nitrogens with two attached hydrogens (primary N) is 1. The van der Waals surface area contributed by atoms with Gasteiger partial charge in [0.25, 0.3) is 0 Å². The van der Waals surface area contributed by atoms with Gasteiger partial charge in [-0.25, -0.2) is 0 Å². The zero-order valence-corrected chi connectivity index (χ0v) is 10.5. The molecular formula is C12H15ClF3NO. The molecule has 0 unspecified atom stereocenters. The lowest BCUT2D eigenvalue weighted by molar-refractivity contribution is -0.136. The van der Waals surface area contributed by atoms with Gasteiger partial charge in [-0.2, -0.15) is 13.2 Å². The lowest BCUT2D eigenvalue weighted by Gasteiger charge is -2.12. The molecular weight excluding hydrogens is 267 g/mol. The molecule has 0 radical (unpaired) electrons. The highest BCUT2D eigenvalue weighted by Crippen LogP contribution is 2.25. The van der Waals surface area contributed by atoms with Crippen LogP contribution in [0, 0.1) is 0 Å². The van der Waals surface area contributed by atoms with E-state index in [0.717, 1.165) is 5.56 Å². The fraction of sp³-hybridized carbons (Fsp3) is 0.500. The van der Waals surface area contributed by atoms with Crippen LogP contribution in [-0.2, 0) is 6.42 Å². The van der Waals surface area contributed by atoms with E-state index in [2.05, 4.69) is 0 Å². The Bertz CT molecular complexity index is 382. The summed E-state index contributed by atoms with van der Waals surface area (Å²) in [5, 5.41) is 0.557. The molecule has 0 spiro atoms. The third-order valence-electron chi connectivity index (χ3n) is 2.30. The second-order valence-corrected chi connectivity index (χ2v) is 4.29. The van der Waals surface area contributed by atoms with Gasteiger partial charge in [0, 0.05) is 11.4 Å². The molecule has 1 aromatic carbocycles. The first kappa shape index (κ1) is 15.1. The molecule has 0 heterocycles. The van der Waals surface area contributed by atoms with Crippen molar-refractivity contribution in [2.45, 2.75) is 25.4 Å². The molecule has 0 atom stereocenters. The predicted molar refractivity (Wildman–Crippen MR) is 65.0 cm³/mol. The molecule has 0 aliphatic heterocycles. The molecule has 0 aliphatic carbocycles. The number of hydrogen-bond acceptors (Lipinski definition) is 2. The summed E-state index contributed by atoms with van der Waals surface area (Å²) >= 11 is 5.83. The average molecular weight is 282 g/mol. The van der Waals surface area contributed by atoms with Crippen LogP contribution in [0.5, 0.6) is 5.75 Å². The van der Waals surface area contributed by atoms with E-state index in [1.54, 1.807) is 18.2 Å². The maximum atomic E-state index is 11.9. The average Bonchev–Trinajstić information content (AvgIpc) is 2.26. The van der Waals surface area contributed by atoms with E-state index >= 15 is 0 Å². The Kier molecular flexibility index (Phi) is 5.75. The predicted octanol–water partition coefficient (Wildman–Crippen LogP) is 3.56. The fourth-order valence-corrected chi connectivity index (χ4v) is 1.69. The van der Waals surface area contributed by atoms with Crippen molar-refractivity contribution in [3.05, 3.63) is 28.8 Å².